The molecule has 1 fully saturated rings. The highest BCUT2D eigenvalue weighted by molar-refractivity contribution is 5.41. The van der Waals surface area contributed by atoms with E-state index in [2.05, 4.69) is 0 Å². The van der Waals surface area contributed by atoms with E-state index in [9.17, 15) is 8.78 Å². The van der Waals surface area contributed by atoms with Crippen molar-refractivity contribution in [1.29, 1.82) is 0 Å². The Morgan fingerprint density at radius 3 is 1.85 bits per heavy atom. The standard InChI is InChI=1S/C11H10F2/c12-10-4-8-6-1-2-7(3-6)9(8)5-11(10)13/h4-7H,1-3H2/t6-,7-/m0/s1. The van der Waals surface area contributed by atoms with Crippen molar-refractivity contribution in [1.82, 2.24) is 0 Å². The first-order chi connectivity index (χ1) is 6.25. The predicted octanol–water partition coefficient (Wildman–Crippen LogP) is 3.33. The van der Waals surface area contributed by atoms with Crippen LogP contribution < -0.4 is 0 Å². The van der Waals surface area contributed by atoms with Crippen molar-refractivity contribution in [3.05, 3.63) is 34.9 Å². The van der Waals surface area contributed by atoms with Crippen LogP contribution >= 0.6 is 0 Å². The third-order valence-corrected chi connectivity index (χ3v) is 3.44. The maximum atomic E-state index is 12.9. The molecule has 0 nitrogen and oxygen atoms in total. The van der Waals surface area contributed by atoms with E-state index in [1.807, 2.05) is 0 Å². The Morgan fingerprint density at radius 2 is 1.38 bits per heavy atom. The monoisotopic (exact) mass is 180 g/mol. The Kier molecular flexibility index (Phi) is 1.33. The zero-order valence-electron chi connectivity index (χ0n) is 7.19. The Balaban J connectivity index is 2.22. The van der Waals surface area contributed by atoms with Crippen molar-refractivity contribution in [2.24, 2.45) is 0 Å². The summed E-state index contributed by atoms with van der Waals surface area (Å²) in [4.78, 5) is 0. The van der Waals surface area contributed by atoms with Gasteiger partial charge in [0.2, 0.25) is 0 Å². The molecule has 2 heteroatoms. The van der Waals surface area contributed by atoms with E-state index < -0.39 is 11.6 Å². The molecule has 0 saturated heterocycles. The average Bonchev–Trinajstić information content (AvgIpc) is 2.67. The van der Waals surface area contributed by atoms with Crippen LogP contribution in [0.5, 0.6) is 0 Å². The lowest BCUT2D eigenvalue weighted by Crippen LogP contribution is -2.00. The van der Waals surface area contributed by atoms with Crippen molar-refractivity contribution in [2.75, 3.05) is 0 Å². The minimum Gasteiger partial charge on any atom is -0.204 e. The van der Waals surface area contributed by atoms with Crippen LogP contribution in [0.2, 0.25) is 0 Å². The first kappa shape index (κ1) is 7.48. The van der Waals surface area contributed by atoms with Crippen molar-refractivity contribution in [3.8, 4) is 0 Å². The molecule has 13 heavy (non-hydrogen) atoms. The van der Waals surface area contributed by atoms with Crippen molar-refractivity contribution >= 4 is 0 Å². The van der Waals surface area contributed by atoms with Gasteiger partial charge in [-0.05, 0) is 54.4 Å². The summed E-state index contributed by atoms with van der Waals surface area (Å²) >= 11 is 0. The highest BCUT2D eigenvalue weighted by Gasteiger charge is 2.37. The lowest BCUT2D eigenvalue weighted by molar-refractivity contribution is 0.503. The van der Waals surface area contributed by atoms with Crippen LogP contribution in [-0.4, -0.2) is 0 Å². The van der Waals surface area contributed by atoms with Gasteiger partial charge in [-0.25, -0.2) is 8.78 Å². The number of hydrogen-bond acceptors (Lipinski definition) is 0. The molecule has 0 amide bonds. The van der Waals surface area contributed by atoms with E-state index in [0.717, 1.165) is 30.4 Å². The van der Waals surface area contributed by atoms with Crippen LogP contribution in [0, 0.1) is 11.6 Å². The molecule has 2 atom stereocenters. The second-order valence-electron chi connectivity index (χ2n) is 4.10. The molecule has 0 N–H and O–H groups in total. The highest BCUT2D eigenvalue weighted by Crippen LogP contribution is 2.53. The van der Waals surface area contributed by atoms with Gasteiger partial charge in [-0.1, -0.05) is 0 Å². The zero-order valence-corrected chi connectivity index (χ0v) is 7.19. The van der Waals surface area contributed by atoms with Gasteiger partial charge in [-0.3, -0.25) is 0 Å². The molecule has 1 saturated carbocycles. The second kappa shape index (κ2) is 2.31. The summed E-state index contributed by atoms with van der Waals surface area (Å²) in [6, 6.07) is 2.79. The summed E-state index contributed by atoms with van der Waals surface area (Å²) in [5, 5.41) is 0. The largest absolute Gasteiger partial charge is 0.204 e. The minimum absolute atomic E-state index is 0.509. The highest BCUT2D eigenvalue weighted by atomic mass is 19.2. The fourth-order valence-corrected chi connectivity index (χ4v) is 2.83. The van der Waals surface area contributed by atoms with E-state index in [1.165, 1.54) is 12.1 Å². The van der Waals surface area contributed by atoms with E-state index in [0.29, 0.717) is 11.8 Å². The summed E-state index contributed by atoms with van der Waals surface area (Å²) in [5.74, 6) is -0.359. The third kappa shape index (κ3) is 0.888. The SMILES string of the molecule is Fc1cc2c(cc1F)[C@H]1CC[C@H]2C1. The molecular weight excluding hydrogens is 170 g/mol. The number of halogens is 2. The first-order valence-electron chi connectivity index (χ1n) is 4.74. The Morgan fingerprint density at radius 1 is 0.923 bits per heavy atom. The molecule has 1 aromatic carbocycles. The quantitative estimate of drug-likeness (QED) is 0.574. The van der Waals surface area contributed by atoms with Gasteiger partial charge >= 0.3 is 0 Å². The number of fused-ring (bicyclic) bond motifs is 5. The minimum atomic E-state index is -0.689. The summed E-state index contributed by atoms with van der Waals surface area (Å²) in [6.45, 7) is 0. The molecule has 0 aliphatic heterocycles. The van der Waals surface area contributed by atoms with Crippen LogP contribution in [0.25, 0.3) is 0 Å². The van der Waals surface area contributed by atoms with Crippen LogP contribution in [0.1, 0.15) is 42.2 Å². The normalized spacial score (nSPS) is 29.4. The van der Waals surface area contributed by atoms with Crippen molar-refractivity contribution in [3.63, 3.8) is 0 Å². The maximum absolute atomic E-state index is 12.9. The van der Waals surface area contributed by atoms with Crippen LogP contribution in [-0.2, 0) is 0 Å². The molecule has 2 aliphatic carbocycles. The van der Waals surface area contributed by atoms with Gasteiger partial charge in [-0.2, -0.15) is 0 Å². The molecule has 0 spiro atoms. The number of rotatable bonds is 0. The van der Waals surface area contributed by atoms with E-state index in [1.54, 1.807) is 0 Å². The van der Waals surface area contributed by atoms with E-state index in [4.69, 9.17) is 0 Å². The van der Waals surface area contributed by atoms with Gasteiger partial charge < -0.3 is 0 Å². The molecular formula is C11H10F2. The molecule has 0 aromatic heterocycles. The molecule has 0 unspecified atom stereocenters. The number of hydrogen-bond donors (Lipinski definition) is 0. The summed E-state index contributed by atoms with van der Waals surface area (Å²) in [6.07, 6.45) is 3.42. The average molecular weight is 180 g/mol. The van der Waals surface area contributed by atoms with Gasteiger partial charge in [0.25, 0.3) is 0 Å². The van der Waals surface area contributed by atoms with E-state index >= 15 is 0 Å². The Labute approximate surface area is 75.6 Å². The third-order valence-electron chi connectivity index (χ3n) is 3.44. The maximum Gasteiger partial charge on any atom is 0.159 e. The van der Waals surface area contributed by atoms with Crippen LogP contribution in [0.4, 0.5) is 8.78 Å². The van der Waals surface area contributed by atoms with Crippen LogP contribution in [0.3, 0.4) is 0 Å². The van der Waals surface area contributed by atoms with Gasteiger partial charge in [0.1, 0.15) is 0 Å². The number of benzene rings is 1. The lowest BCUT2D eigenvalue weighted by atomic mass is 9.92. The fraction of sp³-hybridized carbons (Fsp3) is 0.455. The van der Waals surface area contributed by atoms with Crippen molar-refractivity contribution in [2.45, 2.75) is 31.1 Å². The predicted molar refractivity (Wildman–Crippen MR) is 45.7 cm³/mol. The van der Waals surface area contributed by atoms with Gasteiger partial charge in [0, 0.05) is 0 Å². The molecule has 0 heterocycles. The van der Waals surface area contributed by atoms with E-state index in [-0.39, 0.29) is 0 Å². The second-order valence-corrected chi connectivity index (χ2v) is 4.10. The topological polar surface area (TPSA) is 0 Å². The van der Waals surface area contributed by atoms with Crippen LogP contribution in [0.15, 0.2) is 12.1 Å². The fourth-order valence-electron chi connectivity index (χ4n) is 2.83. The van der Waals surface area contributed by atoms with Gasteiger partial charge in [0.05, 0.1) is 0 Å². The molecule has 2 bridgehead atoms. The molecule has 0 radical (unpaired) electrons. The first-order valence-corrected chi connectivity index (χ1v) is 4.74. The molecule has 3 rings (SSSR count). The Bertz CT molecular complexity index is 336. The zero-order chi connectivity index (χ0) is 9.00. The summed E-state index contributed by atoms with van der Waals surface area (Å²) < 4.78 is 25.8. The molecule has 2 aliphatic rings. The lowest BCUT2D eigenvalue weighted by Gasteiger charge is -2.14. The Hall–Kier alpha value is -0.920. The molecule has 68 valence electrons. The van der Waals surface area contributed by atoms with Gasteiger partial charge in [-0.15, -0.1) is 0 Å². The van der Waals surface area contributed by atoms with Crippen molar-refractivity contribution < 1.29 is 8.78 Å². The summed E-state index contributed by atoms with van der Waals surface area (Å²) in [7, 11) is 0. The summed E-state index contributed by atoms with van der Waals surface area (Å²) in [5.41, 5.74) is 2.13. The smallest absolute Gasteiger partial charge is 0.159 e. The van der Waals surface area contributed by atoms with Gasteiger partial charge in [0.15, 0.2) is 11.6 Å². The molecule has 1 aromatic rings.